The molecule has 0 saturated carbocycles. The van der Waals surface area contributed by atoms with Crippen molar-refractivity contribution in [3.05, 3.63) is 71.3 Å². The summed E-state index contributed by atoms with van der Waals surface area (Å²) in [6, 6.07) is 12.0. The van der Waals surface area contributed by atoms with Crippen molar-refractivity contribution in [3.63, 3.8) is 0 Å². The third kappa shape index (κ3) is 4.69. The Bertz CT molecular complexity index is 655. The summed E-state index contributed by atoms with van der Waals surface area (Å²) in [5, 5.41) is 11.3. The lowest BCUT2D eigenvalue weighted by atomic mass is 10.1. The van der Waals surface area contributed by atoms with Crippen molar-refractivity contribution >= 4 is 5.84 Å². The minimum atomic E-state index is -0.309. The highest BCUT2D eigenvalue weighted by molar-refractivity contribution is 5.85. The van der Waals surface area contributed by atoms with Crippen molar-refractivity contribution in [2.75, 3.05) is 0 Å². The molecule has 2 aromatic rings. The van der Waals surface area contributed by atoms with Crippen LogP contribution in [0, 0.1) is 23.1 Å². The lowest BCUT2D eigenvalue weighted by Crippen LogP contribution is -2.20. The molecule has 21 heavy (non-hydrogen) atoms. The van der Waals surface area contributed by atoms with Gasteiger partial charge < -0.3 is 0 Å². The molecule has 0 saturated heterocycles. The molecular formula is C16H13F2N3. The molecule has 2 rings (SSSR count). The molecule has 0 amide bonds. The number of benzene rings is 2. The Morgan fingerprint density at radius 2 is 1.48 bits per heavy atom. The molecule has 0 spiro atoms. The number of nitrogens with zero attached hydrogens (tertiary/aromatic N) is 2. The van der Waals surface area contributed by atoms with Crippen LogP contribution in [0.4, 0.5) is 8.78 Å². The number of aliphatic imine (C=N–C) groups is 1. The zero-order valence-corrected chi connectivity index (χ0v) is 11.2. The fourth-order valence-electron chi connectivity index (χ4n) is 1.78. The van der Waals surface area contributed by atoms with Crippen molar-refractivity contribution in [3.8, 4) is 6.19 Å². The fraction of sp³-hybridized carbons (Fsp3) is 0.125. The van der Waals surface area contributed by atoms with Gasteiger partial charge in [0.15, 0.2) is 6.19 Å². The molecular weight excluding hydrogens is 272 g/mol. The topological polar surface area (TPSA) is 48.2 Å². The second-order valence-corrected chi connectivity index (χ2v) is 4.43. The van der Waals surface area contributed by atoms with E-state index in [-0.39, 0.29) is 11.6 Å². The Labute approximate surface area is 121 Å². The second-order valence-electron chi connectivity index (χ2n) is 4.43. The summed E-state index contributed by atoms with van der Waals surface area (Å²) in [6.45, 7) is 0.339. The zero-order valence-electron chi connectivity index (χ0n) is 11.2. The molecule has 2 aromatic carbocycles. The van der Waals surface area contributed by atoms with Gasteiger partial charge in [-0.05, 0) is 35.4 Å². The summed E-state index contributed by atoms with van der Waals surface area (Å²) < 4.78 is 25.6. The van der Waals surface area contributed by atoms with Gasteiger partial charge in [-0.1, -0.05) is 24.3 Å². The van der Waals surface area contributed by atoms with E-state index in [0.717, 1.165) is 11.1 Å². The van der Waals surface area contributed by atoms with Gasteiger partial charge in [0, 0.05) is 6.42 Å². The number of halogens is 2. The van der Waals surface area contributed by atoms with Crippen LogP contribution in [0.2, 0.25) is 0 Å². The molecule has 0 aliphatic heterocycles. The summed E-state index contributed by atoms with van der Waals surface area (Å²) in [5.41, 5.74) is 1.68. The van der Waals surface area contributed by atoms with Crippen LogP contribution in [0.25, 0.3) is 0 Å². The van der Waals surface area contributed by atoms with Crippen molar-refractivity contribution < 1.29 is 8.78 Å². The van der Waals surface area contributed by atoms with Crippen molar-refractivity contribution in [1.82, 2.24) is 5.32 Å². The summed E-state index contributed by atoms with van der Waals surface area (Å²) in [5.74, 6) is -0.130. The summed E-state index contributed by atoms with van der Waals surface area (Å²) >= 11 is 0. The highest BCUT2D eigenvalue weighted by Crippen LogP contribution is 2.07. The molecule has 0 heterocycles. The van der Waals surface area contributed by atoms with Crippen LogP contribution in [0.3, 0.4) is 0 Å². The Balaban J connectivity index is 2.07. The van der Waals surface area contributed by atoms with Crippen LogP contribution in [0.1, 0.15) is 11.1 Å². The van der Waals surface area contributed by atoms with E-state index in [1.54, 1.807) is 24.3 Å². The van der Waals surface area contributed by atoms with E-state index in [1.807, 2.05) is 6.19 Å². The number of amidine groups is 1. The second kappa shape index (κ2) is 7.15. The van der Waals surface area contributed by atoms with Crippen LogP contribution in [-0.4, -0.2) is 5.84 Å². The fourth-order valence-corrected chi connectivity index (χ4v) is 1.78. The molecule has 0 fully saturated rings. The van der Waals surface area contributed by atoms with E-state index in [2.05, 4.69) is 10.3 Å². The average molecular weight is 285 g/mol. The molecule has 0 atom stereocenters. The number of hydrogen-bond acceptors (Lipinski definition) is 2. The third-order valence-corrected chi connectivity index (χ3v) is 2.85. The smallest absolute Gasteiger partial charge is 0.182 e. The molecule has 0 unspecified atom stereocenters. The monoisotopic (exact) mass is 285 g/mol. The van der Waals surface area contributed by atoms with Gasteiger partial charge >= 0.3 is 0 Å². The minimum Gasteiger partial charge on any atom is -0.280 e. The molecule has 106 valence electrons. The van der Waals surface area contributed by atoms with Crippen LogP contribution >= 0.6 is 0 Å². The Hall–Kier alpha value is -2.74. The predicted octanol–water partition coefficient (Wildman–Crippen LogP) is 3.18. The average Bonchev–Trinajstić information content (AvgIpc) is 2.49. The first kappa shape index (κ1) is 14.7. The van der Waals surface area contributed by atoms with Gasteiger partial charge in [-0.2, -0.15) is 5.26 Å². The Morgan fingerprint density at radius 3 is 2.00 bits per heavy atom. The molecule has 3 nitrogen and oxygen atoms in total. The molecule has 1 N–H and O–H groups in total. The number of nitrogens with one attached hydrogen (secondary N) is 1. The predicted molar refractivity (Wildman–Crippen MR) is 76.4 cm³/mol. The third-order valence-electron chi connectivity index (χ3n) is 2.85. The summed E-state index contributed by atoms with van der Waals surface area (Å²) in [7, 11) is 0. The van der Waals surface area contributed by atoms with E-state index in [4.69, 9.17) is 5.26 Å². The van der Waals surface area contributed by atoms with Gasteiger partial charge in [0.2, 0.25) is 0 Å². The molecule has 0 bridgehead atoms. The maximum atomic E-state index is 12.8. The highest BCUT2D eigenvalue weighted by atomic mass is 19.1. The normalized spacial score (nSPS) is 11.0. The number of nitriles is 1. The van der Waals surface area contributed by atoms with Gasteiger partial charge in [0.25, 0.3) is 0 Å². The maximum absolute atomic E-state index is 12.8. The van der Waals surface area contributed by atoms with Crippen molar-refractivity contribution in [2.24, 2.45) is 4.99 Å². The molecule has 0 aliphatic rings. The molecule has 0 aromatic heterocycles. The van der Waals surface area contributed by atoms with E-state index in [1.165, 1.54) is 24.3 Å². The van der Waals surface area contributed by atoms with Crippen molar-refractivity contribution in [1.29, 1.82) is 5.26 Å². The summed E-state index contributed by atoms with van der Waals surface area (Å²) in [6.07, 6.45) is 2.23. The highest BCUT2D eigenvalue weighted by Gasteiger charge is 2.02. The van der Waals surface area contributed by atoms with Gasteiger partial charge in [-0.3, -0.25) is 10.3 Å². The Morgan fingerprint density at radius 1 is 0.952 bits per heavy atom. The summed E-state index contributed by atoms with van der Waals surface area (Å²) in [4.78, 5) is 4.30. The first-order valence-electron chi connectivity index (χ1n) is 6.34. The van der Waals surface area contributed by atoms with Gasteiger partial charge in [-0.15, -0.1) is 0 Å². The van der Waals surface area contributed by atoms with Crippen LogP contribution < -0.4 is 5.32 Å². The first-order valence-corrected chi connectivity index (χ1v) is 6.34. The molecule has 0 radical (unpaired) electrons. The quantitative estimate of drug-likeness (QED) is 0.406. The zero-order chi connectivity index (χ0) is 15.1. The largest absolute Gasteiger partial charge is 0.280 e. The number of rotatable bonds is 4. The Kier molecular flexibility index (Phi) is 4.99. The van der Waals surface area contributed by atoms with Gasteiger partial charge in [0.05, 0.1) is 6.54 Å². The number of hydrogen-bond donors (Lipinski definition) is 1. The lowest BCUT2D eigenvalue weighted by Gasteiger charge is -2.05. The van der Waals surface area contributed by atoms with Crippen LogP contribution in [0.5, 0.6) is 0 Å². The van der Waals surface area contributed by atoms with E-state index >= 15 is 0 Å². The standard InChI is InChI=1S/C16H13F2N3/c17-14-5-1-12(2-6-14)9-16(21-11-19)20-10-13-3-7-15(18)8-4-13/h1-8H,9-10H2,(H,20,21). The van der Waals surface area contributed by atoms with Gasteiger partial charge in [0.1, 0.15) is 17.5 Å². The maximum Gasteiger partial charge on any atom is 0.182 e. The van der Waals surface area contributed by atoms with E-state index in [0.29, 0.717) is 18.8 Å². The van der Waals surface area contributed by atoms with E-state index < -0.39 is 0 Å². The van der Waals surface area contributed by atoms with Crippen LogP contribution in [0.15, 0.2) is 53.5 Å². The first-order chi connectivity index (χ1) is 10.2. The SMILES string of the molecule is N#CNC(Cc1ccc(F)cc1)=NCc1ccc(F)cc1. The molecule has 0 aliphatic carbocycles. The lowest BCUT2D eigenvalue weighted by molar-refractivity contribution is 0.626. The van der Waals surface area contributed by atoms with Gasteiger partial charge in [-0.25, -0.2) is 8.78 Å². The minimum absolute atomic E-state index is 0.301. The van der Waals surface area contributed by atoms with E-state index in [9.17, 15) is 8.78 Å². The molecule has 5 heteroatoms. The van der Waals surface area contributed by atoms with Crippen LogP contribution in [-0.2, 0) is 13.0 Å². The van der Waals surface area contributed by atoms with Crippen molar-refractivity contribution in [2.45, 2.75) is 13.0 Å².